The highest BCUT2D eigenvalue weighted by Gasteiger charge is 2.12. The van der Waals surface area contributed by atoms with Crippen LogP contribution in [0.1, 0.15) is 17.3 Å². The van der Waals surface area contributed by atoms with Gasteiger partial charge in [-0.15, -0.1) is 0 Å². The molecule has 0 saturated carbocycles. The zero-order valence-electron chi connectivity index (χ0n) is 13.6. The van der Waals surface area contributed by atoms with Gasteiger partial charge in [0.15, 0.2) is 11.5 Å². The lowest BCUT2D eigenvalue weighted by atomic mass is 10.1. The van der Waals surface area contributed by atoms with Gasteiger partial charge in [0, 0.05) is 28.9 Å². The molecule has 0 aliphatic heterocycles. The van der Waals surface area contributed by atoms with E-state index in [0.29, 0.717) is 29.4 Å². The van der Waals surface area contributed by atoms with Gasteiger partial charge in [0.05, 0.1) is 19.2 Å². The van der Waals surface area contributed by atoms with E-state index in [1.807, 2.05) is 31.2 Å². The van der Waals surface area contributed by atoms with Crippen molar-refractivity contribution in [1.82, 2.24) is 4.98 Å². The first-order chi connectivity index (χ1) is 11.7. The predicted molar refractivity (Wildman–Crippen MR) is 93.9 cm³/mol. The van der Waals surface area contributed by atoms with Crippen LogP contribution in [0.4, 0.5) is 5.69 Å². The molecule has 0 aliphatic rings. The Morgan fingerprint density at radius 1 is 1.12 bits per heavy atom. The number of nitrogens with one attached hydrogen (secondary N) is 1. The van der Waals surface area contributed by atoms with E-state index in [9.17, 15) is 4.79 Å². The topological polar surface area (TPSA) is 60.5 Å². The van der Waals surface area contributed by atoms with E-state index < -0.39 is 0 Å². The molecule has 0 unspecified atom stereocenters. The molecule has 1 amide bonds. The molecule has 2 aromatic carbocycles. The molecule has 3 aromatic rings. The fraction of sp³-hybridized carbons (Fsp3) is 0.158. The van der Waals surface area contributed by atoms with Gasteiger partial charge >= 0.3 is 0 Å². The number of anilines is 1. The van der Waals surface area contributed by atoms with Crippen LogP contribution in [-0.4, -0.2) is 24.6 Å². The fourth-order valence-corrected chi connectivity index (χ4v) is 2.52. The third-order valence-electron chi connectivity index (χ3n) is 3.61. The molecule has 1 N–H and O–H groups in total. The molecule has 0 atom stereocenters. The maximum absolute atomic E-state index is 12.6. The van der Waals surface area contributed by atoms with E-state index in [1.165, 1.54) is 0 Å². The molecule has 0 fully saturated rings. The second-order valence-corrected chi connectivity index (χ2v) is 5.13. The van der Waals surface area contributed by atoms with Crippen molar-refractivity contribution in [2.45, 2.75) is 6.92 Å². The Morgan fingerprint density at radius 2 is 2.00 bits per heavy atom. The van der Waals surface area contributed by atoms with Crippen LogP contribution in [0.3, 0.4) is 0 Å². The summed E-state index contributed by atoms with van der Waals surface area (Å²) in [5.41, 5.74) is 2.00. The number of carbonyl (C=O) groups is 1. The normalized spacial score (nSPS) is 10.4. The Hall–Kier alpha value is -3.08. The molecule has 5 heteroatoms. The number of ether oxygens (including phenoxy) is 2. The molecule has 122 valence electrons. The van der Waals surface area contributed by atoms with Crippen molar-refractivity contribution >= 4 is 22.5 Å². The molecule has 1 aromatic heterocycles. The Kier molecular flexibility index (Phi) is 4.61. The van der Waals surface area contributed by atoms with Gasteiger partial charge in [-0.3, -0.25) is 9.78 Å². The quantitative estimate of drug-likeness (QED) is 0.774. The zero-order chi connectivity index (χ0) is 16.9. The molecule has 0 spiro atoms. The molecule has 5 nitrogen and oxygen atoms in total. The standard InChI is InChI=1S/C19H18N2O3/c1-3-24-17-10-9-13(12-18(17)23-2)21-19(22)15-6-4-8-16-14(15)7-5-11-20-16/h4-12H,3H2,1-2H3,(H,21,22). The van der Waals surface area contributed by atoms with Crippen LogP contribution < -0.4 is 14.8 Å². The minimum atomic E-state index is -0.195. The number of hydrogen-bond acceptors (Lipinski definition) is 4. The third-order valence-corrected chi connectivity index (χ3v) is 3.61. The molecular weight excluding hydrogens is 304 g/mol. The molecule has 0 bridgehead atoms. The molecular formula is C19H18N2O3. The number of aromatic nitrogens is 1. The van der Waals surface area contributed by atoms with Crippen LogP contribution in [0.15, 0.2) is 54.7 Å². The van der Waals surface area contributed by atoms with E-state index in [0.717, 1.165) is 10.9 Å². The zero-order valence-corrected chi connectivity index (χ0v) is 13.6. The predicted octanol–water partition coefficient (Wildman–Crippen LogP) is 3.89. The molecule has 1 heterocycles. The van der Waals surface area contributed by atoms with Gasteiger partial charge in [0.2, 0.25) is 0 Å². The summed E-state index contributed by atoms with van der Waals surface area (Å²) in [5.74, 6) is 1.03. The lowest BCUT2D eigenvalue weighted by Gasteiger charge is -2.12. The summed E-state index contributed by atoms with van der Waals surface area (Å²) in [7, 11) is 1.57. The van der Waals surface area contributed by atoms with Gasteiger partial charge in [-0.25, -0.2) is 0 Å². The summed E-state index contributed by atoms with van der Waals surface area (Å²) in [6.07, 6.45) is 1.71. The third kappa shape index (κ3) is 3.15. The summed E-state index contributed by atoms with van der Waals surface area (Å²) < 4.78 is 10.8. The van der Waals surface area contributed by atoms with Crippen molar-refractivity contribution in [3.05, 3.63) is 60.3 Å². The number of hydrogen-bond donors (Lipinski definition) is 1. The monoisotopic (exact) mass is 322 g/mol. The second kappa shape index (κ2) is 7.00. The number of pyridine rings is 1. The van der Waals surface area contributed by atoms with Crippen molar-refractivity contribution in [3.8, 4) is 11.5 Å². The first-order valence-corrected chi connectivity index (χ1v) is 7.69. The lowest BCUT2D eigenvalue weighted by Crippen LogP contribution is -2.12. The minimum Gasteiger partial charge on any atom is -0.493 e. The summed E-state index contributed by atoms with van der Waals surface area (Å²) in [4.78, 5) is 16.9. The average molecular weight is 322 g/mol. The Bertz CT molecular complexity index is 872. The van der Waals surface area contributed by atoms with Crippen LogP contribution in [0.5, 0.6) is 11.5 Å². The van der Waals surface area contributed by atoms with Crippen LogP contribution in [0.2, 0.25) is 0 Å². The first-order valence-electron chi connectivity index (χ1n) is 7.69. The van der Waals surface area contributed by atoms with E-state index in [2.05, 4.69) is 10.3 Å². The van der Waals surface area contributed by atoms with Gasteiger partial charge in [-0.2, -0.15) is 0 Å². The highest BCUT2D eigenvalue weighted by Crippen LogP contribution is 2.30. The summed E-state index contributed by atoms with van der Waals surface area (Å²) in [5, 5.41) is 3.71. The summed E-state index contributed by atoms with van der Waals surface area (Å²) in [6, 6.07) is 14.5. The van der Waals surface area contributed by atoms with E-state index >= 15 is 0 Å². The number of carbonyl (C=O) groups excluding carboxylic acids is 1. The summed E-state index contributed by atoms with van der Waals surface area (Å²) in [6.45, 7) is 2.45. The molecule has 0 aliphatic carbocycles. The lowest BCUT2D eigenvalue weighted by molar-refractivity contribution is 0.102. The minimum absolute atomic E-state index is 0.195. The maximum atomic E-state index is 12.6. The van der Waals surface area contributed by atoms with Crippen molar-refractivity contribution in [1.29, 1.82) is 0 Å². The van der Waals surface area contributed by atoms with Crippen LogP contribution >= 0.6 is 0 Å². The number of fused-ring (bicyclic) bond motifs is 1. The highest BCUT2D eigenvalue weighted by atomic mass is 16.5. The number of amides is 1. The number of benzene rings is 2. The van der Waals surface area contributed by atoms with Crippen LogP contribution in [0, 0.1) is 0 Å². The van der Waals surface area contributed by atoms with Crippen molar-refractivity contribution in [2.24, 2.45) is 0 Å². The van der Waals surface area contributed by atoms with Crippen molar-refractivity contribution in [2.75, 3.05) is 19.0 Å². The maximum Gasteiger partial charge on any atom is 0.256 e. The molecule has 3 rings (SSSR count). The summed E-state index contributed by atoms with van der Waals surface area (Å²) >= 11 is 0. The van der Waals surface area contributed by atoms with Crippen LogP contribution in [0.25, 0.3) is 10.9 Å². The van der Waals surface area contributed by atoms with Crippen molar-refractivity contribution in [3.63, 3.8) is 0 Å². The highest BCUT2D eigenvalue weighted by molar-refractivity contribution is 6.12. The Labute approximate surface area is 140 Å². The smallest absolute Gasteiger partial charge is 0.256 e. The molecule has 0 saturated heterocycles. The first kappa shape index (κ1) is 15.8. The van der Waals surface area contributed by atoms with E-state index in [-0.39, 0.29) is 5.91 Å². The number of rotatable bonds is 5. The van der Waals surface area contributed by atoms with E-state index in [4.69, 9.17) is 9.47 Å². The van der Waals surface area contributed by atoms with Gasteiger partial charge in [-0.05, 0) is 37.3 Å². The van der Waals surface area contributed by atoms with Gasteiger partial charge in [-0.1, -0.05) is 12.1 Å². The largest absolute Gasteiger partial charge is 0.493 e. The number of nitrogens with zero attached hydrogens (tertiary/aromatic N) is 1. The Morgan fingerprint density at radius 3 is 2.79 bits per heavy atom. The Balaban J connectivity index is 1.89. The van der Waals surface area contributed by atoms with E-state index in [1.54, 1.807) is 37.6 Å². The van der Waals surface area contributed by atoms with Crippen molar-refractivity contribution < 1.29 is 14.3 Å². The van der Waals surface area contributed by atoms with Gasteiger partial charge in [0.1, 0.15) is 0 Å². The fourth-order valence-electron chi connectivity index (χ4n) is 2.52. The average Bonchev–Trinajstić information content (AvgIpc) is 2.62. The SMILES string of the molecule is CCOc1ccc(NC(=O)c2cccc3ncccc23)cc1OC. The number of methoxy groups -OCH3 is 1. The van der Waals surface area contributed by atoms with Crippen LogP contribution in [-0.2, 0) is 0 Å². The van der Waals surface area contributed by atoms with Gasteiger partial charge < -0.3 is 14.8 Å². The van der Waals surface area contributed by atoms with Gasteiger partial charge in [0.25, 0.3) is 5.91 Å². The molecule has 24 heavy (non-hydrogen) atoms. The second-order valence-electron chi connectivity index (χ2n) is 5.13. The molecule has 0 radical (unpaired) electrons.